The van der Waals surface area contributed by atoms with Crippen molar-refractivity contribution in [2.75, 3.05) is 18.3 Å². The lowest BCUT2D eigenvalue weighted by molar-refractivity contribution is 0.593. The van der Waals surface area contributed by atoms with Gasteiger partial charge in [-0.05, 0) is 24.3 Å². The Morgan fingerprint density at radius 2 is 1.94 bits per heavy atom. The number of rotatable bonds is 3. The quantitative estimate of drug-likeness (QED) is 0.643. The van der Waals surface area contributed by atoms with E-state index in [0.717, 1.165) is 5.56 Å². The first-order valence-corrected chi connectivity index (χ1v) is 6.06. The fourth-order valence-electron chi connectivity index (χ4n) is 0.981. The zero-order valence-corrected chi connectivity index (χ0v) is 9.64. The van der Waals surface area contributed by atoms with Crippen LogP contribution >= 0.6 is 0 Å². The minimum absolute atomic E-state index is 0.300. The third-order valence-electron chi connectivity index (χ3n) is 1.74. The van der Waals surface area contributed by atoms with Crippen molar-refractivity contribution in [2.24, 2.45) is 5.73 Å². The Morgan fingerprint density at radius 3 is 2.44 bits per heavy atom. The average Bonchev–Trinajstić information content (AvgIpc) is 2.28. The third-order valence-corrected chi connectivity index (χ3v) is 2.78. The number of hydrogen-bond donors (Lipinski definition) is 3. The third kappa shape index (κ3) is 3.90. The van der Waals surface area contributed by atoms with E-state index in [0.29, 0.717) is 12.2 Å². The van der Waals surface area contributed by atoms with Crippen LogP contribution in [0.2, 0.25) is 0 Å². The molecule has 6 heteroatoms. The van der Waals surface area contributed by atoms with Crippen LogP contribution < -0.4 is 15.2 Å². The molecule has 0 spiro atoms. The Hall–Kier alpha value is -1.55. The molecule has 4 N–H and O–H groups in total. The summed E-state index contributed by atoms with van der Waals surface area (Å²) in [6.45, 7) is 0.300. The summed E-state index contributed by atoms with van der Waals surface area (Å²) in [5.41, 5.74) is 6.50. The van der Waals surface area contributed by atoms with Crippen LogP contribution in [-0.2, 0) is 10.2 Å². The predicted octanol–water partition coefficient (Wildman–Crippen LogP) is -0.127. The highest BCUT2D eigenvalue weighted by molar-refractivity contribution is 7.90. The summed E-state index contributed by atoms with van der Waals surface area (Å²) < 4.78 is 26.8. The van der Waals surface area contributed by atoms with E-state index < -0.39 is 10.2 Å². The van der Waals surface area contributed by atoms with Crippen molar-refractivity contribution in [3.8, 4) is 11.8 Å². The van der Waals surface area contributed by atoms with Crippen LogP contribution in [0.1, 0.15) is 5.56 Å². The maximum Gasteiger partial charge on any atom is 0.298 e. The monoisotopic (exact) mass is 239 g/mol. The fraction of sp³-hybridized carbons (Fsp3) is 0.200. The summed E-state index contributed by atoms with van der Waals surface area (Å²) >= 11 is 0. The number of hydrogen-bond acceptors (Lipinski definition) is 3. The van der Waals surface area contributed by atoms with Gasteiger partial charge < -0.3 is 5.73 Å². The highest BCUT2D eigenvalue weighted by atomic mass is 32.2. The van der Waals surface area contributed by atoms with Gasteiger partial charge in [0.15, 0.2) is 0 Å². The Kier molecular flexibility index (Phi) is 4.31. The Labute approximate surface area is 95.2 Å². The SMILES string of the molecule is CNS(=O)(=O)Nc1ccc(C#CCN)cc1. The standard InChI is InChI=1S/C10H13N3O2S/c1-12-16(14,15)13-10-6-4-9(5-7-10)3-2-8-11/h4-7,12-13H,8,11H2,1H3. The predicted molar refractivity (Wildman–Crippen MR) is 64.0 cm³/mol. The van der Waals surface area contributed by atoms with Gasteiger partial charge in [-0.3, -0.25) is 4.72 Å². The van der Waals surface area contributed by atoms with E-state index in [1.54, 1.807) is 24.3 Å². The molecular weight excluding hydrogens is 226 g/mol. The summed E-state index contributed by atoms with van der Waals surface area (Å²) in [4.78, 5) is 0. The van der Waals surface area contributed by atoms with Crippen molar-refractivity contribution >= 4 is 15.9 Å². The van der Waals surface area contributed by atoms with Crippen LogP contribution in [0.25, 0.3) is 0 Å². The molecule has 0 atom stereocenters. The first-order chi connectivity index (χ1) is 7.57. The largest absolute Gasteiger partial charge is 0.320 e. The molecule has 0 aliphatic carbocycles. The van der Waals surface area contributed by atoms with E-state index in [4.69, 9.17) is 5.73 Å². The van der Waals surface area contributed by atoms with Crippen LogP contribution in [-0.4, -0.2) is 22.0 Å². The van der Waals surface area contributed by atoms with Crippen LogP contribution in [0.4, 0.5) is 5.69 Å². The molecule has 0 bridgehead atoms. The van der Waals surface area contributed by atoms with Gasteiger partial charge in [0, 0.05) is 18.3 Å². The van der Waals surface area contributed by atoms with Crippen molar-refractivity contribution in [3.05, 3.63) is 29.8 Å². The number of nitrogens with one attached hydrogen (secondary N) is 2. The molecule has 86 valence electrons. The van der Waals surface area contributed by atoms with Gasteiger partial charge in [-0.1, -0.05) is 11.8 Å². The molecule has 0 amide bonds. The zero-order valence-electron chi connectivity index (χ0n) is 8.82. The maximum absolute atomic E-state index is 11.2. The van der Waals surface area contributed by atoms with E-state index >= 15 is 0 Å². The van der Waals surface area contributed by atoms with Crippen molar-refractivity contribution in [1.29, 1.82) is 0 Å². The molecule has 5 nitrogen and oxygen atoms in total. The summed E-state index contributed by atoms with van der Waals surface area (Å²) in [6.07, 6.45) is 0. The van der Waals surface area contributed by atoms with Gasteiger partial charge in [0.05, 0.1) is 6.54 Å². The number of anilines is 1. The number of benzene rings is 1. The van der Waals surface area contributed by atoms with E-state index in [1.165, 1.54) is 7.05 Å². The minimum Gasteiger partial charge on any atom is -0.320 e. The smallest absolute Gasteiger partial charge is 0.298 e. The molecule has 0 unspecified atom stereocenters. The molecule has 0 saturated carbocycles. The van der Waals surface area contributed by atoms with Gasteiger partial charge in [-0.25, -0.2) is 4.72 Å². The second-order valence-electron chi connectivity index (χ2n) is 2.89. The highest BCUT2D eigenvalue weighted by Crippen LogP contribution is 2.09. The van der Waals surface area contributed by atoms with Crippen LogP contribution in [0.5, 0.6) is 0 Å². The lowest BCUT2D eigenvalue weighted by Gasteiger charge is -2.05. The normalized spacial score (nSPS) is 10.4. The molecule has 0 aliphatic heterocycles. The molecule has 0 aromatic heterocycles. The Bertz CT molecular complexity index is 497. The second kappa shape index (κ2) is 5.51. The summed E-state index contributed by atoms with van der Waals surface area (Å²) in [7, 11) is -2.12. The van der Waals surface area contributed by atoms with Crippen molar-refractivity contribution in [3.63, 3.8) is 0 Å². The van der Waals surface area contributed by atoms with E-state index in [9.17, 15) is 8.42 Å². The van der Waals surface area contributed by atoms with Crippen LogP contribution in [0.3, 0.4) is 0 Å². The zero-order chi connectivity index (χ0) is 12.0. The van der Waals surface area contributed by atoms with Crippen molar-refractivity contribution in [1.82, 2.24) is 4.72 Å². The number of nitrogens with two attached hydrogens (primary N) is 1. The van der Waals surface area contributed by atoms with E-state index in [-0.39, 0.29) is 0 Å². The lowest BCUT2D eigenvalue weighted by atomic mass is 10.2. The lowest BCUT2D eigenvalue weighted by Crippen LogP contribution is -2.26. The summed E-state index contributed by atoms with van der Waals surface area (Å²) in [5.74, 6) is 5.55. The van der Waals surface area contributed by atoms with E-state index in [1.807, 2.05) is 0 Å². The molecule has 0 fully saturated rings. The van der Waals surface area contributed by atoms with Gasteiger partial charge >= 0.3 is 0 Å². The first kappa shape index (κ1) is 12.5. The first-order valence-electron chi connectivity index (χ1n) is 4.57. The molecule has 0 saturated heterocycles. The van der Waals surface area contributed by atoms with Crippen LogP contribution in [0.15, 0.2) is 24.3 Å². The van der Waals surface area contributed by atoms with Gasteiger partial charge in [0.1, 0.15) is 0 Å². The Morgan fingerprint density at radius 1 is 1.31 bits per heavy atom. The fourth-order valence-corrected chi connectivity index (χ4v) is 1.53. The highest BCUT2D eigenvalue weighted by Gasteiger charge is 2.04. The van der Waals surface area contributed by atoms with E-state index in [2.05, 4.69) is 21.3 Å². The molecule has 1 aromatic rings. The van der Waals surface area contributed by atoms with Gasteiger partial charge in [-0.2, -0.15) is 8.42 Å². The topological polar surface area (TPSA) is 84.2 Å². The minimum atomic E-state index is -3.46. The maximum atomic E-state index is 11.2. The molecule has 0 heterocycles. The van der Waals surface area contributed by atoms with Gasteiger partial charge in [-0.15, -0.1) is 0 Å². The van der Waals surface area contributed by atoms with Gasteiger partial charge in [0.2, 0.25) is 0 Å². The van der Waals surface area contributed by atoms with Crippen molar-refractivity contribution in [2.45, 2.75) is 0 Å². The molecule has 16 heavy (non-hydrogen) atoms. The molecule has 1 rings (SSSR count). The Balaban J connectivity index is 2.80. The molecule has 1 aromatic carbocycles. The molecular formula is C10H13N3O2S. The second-order valence-corrected chi connectivity index (χ2v) is 4.51. The van der Waals surface area contributed by atoms with Crippen LogP contribution in [0, 0.1) is 11.8 Å². The molecule has 0 aliphatic rings. The van der Waals surface area contributed by atoms with Gasteiger partial charge in [0.25, 0.3) is 10.2 Å². The summed E-state index contributed by atoms with van der Waals surface area (Å²) in [5, 5.41) is 0. The van der Waals surface area contributed by atoms with Crippen molar-refractivity contribution < 1.29 is 8.42 Å². The average molecular weight is 239 g/mol. The summed E-state index contributed by atoms with van der Waals surface area (Å²) in [6, 6.07) is 6.71. The molecule has 0 radical (unpaired) electrons.